The van der Waals surface area contributed by atoms with E-state index in [1.165, 1.54) is 4.90 Å². The van der Waals surface area contributed by atoms with Gasteiger partial charge in [-0.15, -0.1) is 0 Å². The summed E-state index contributed by atoms with van der Waals surface area (Å²) in [4.78, 5) is 29.1. The smallest absolute Gasteiger partial charge is 0.244 e. The number of nitrogens with zero attached hydrogens (tertiary/aromatic N) is 2. The summed E-state index contributed by atoms with van der Waals surface area (Å²) < 4.78 is 26.9. The maximum absolute atomic E-state index is 14.1. The van der Waals surface area contributed by atoms with Crippen molar-refractivity contribution >= 4 is 27.5 Å². The quantitative estimate of drug-likeness (QED) is 0.398. The van der Waals surface area contributed by atoms with Crippen molar-refractivity contribution in [1.29, 1.82) is 0 Å². The molecule has 0 saturated heterocycles. The van der Waals surface area contributed by atoms with E-state index in [0.717, 1.165) is 32.8 Å². The molecule has 0 heterocycles. The van der Waals surface area contributed by atoms with Gasteiger partial charge in [-0.2, -0.15) is 0 Å². The Morgan fingerprint density at radius 2 is 1.42 bits per heavy atom. The van der Waals surface area contributed by atoms with Crippen LogP contribution in [0.15, 0.2) is 78.9 Å². The first kappa shape index (κ1) is 28.9. The maximum Gasteiger partial charge on any atom is 0.244 e. The summed E-state index contributed by atoms with van der Waals surface area (Å²) in [5, 5.41) is 2.96. The molecule has 3 aromatic rings. The second-order valence-corrected chi connectivity index (χ2v) is 11.8. The van der Waals surface area contributed by atoms with Gasteiger partial charge in [-0.3, -0.25) is 13.9 Å². The average molecular weight is 536 g/mol. The number of sulfonamides is 1. The van der Waals surface area contributed by atoms with Gasteiger partial charge in [-0.1, -0.05) is 72.8 Å². The Labute approximate surface area is 226 Å². The fraction of sp³-hybridized carbons (Fsp3) is 0.333. The van der Waals surface area contributed by atoms with Crippen LogP contribution in [0.25, 0.3) is 0 Å². The standard InChI is InChI=1S/C30H37N3O4S/c1-22(2)31-30(35)28(19-25-15-7-6-8-16-25)32(20-26-17-11-9-13-23(26)3)29(34)21-33(38(5,36)37)27-18-12-10-14-24(27)4/h6-18,22,28H,19-21H2,1-5H3,(H,31,35)/t28-/m0/s1. The maximum atomic E-state index is 14.1. The number of nitrogens with one attached hydrogen (secondary N) is 1. The molecule has 0 aliphatic heterocycles. The van der Waals surface area contributed by atoms with Crippen LogP contribution >= 0.6 is 0 Å². The highest BCUT2D eigenvalue weighted by Gasteiger charge is 2.33. The second-order valence-electron chi connectivity index (χ2n) is 9.87. The van der Waals surface area contributed by atoms with Gasteiger partial charge in [0.15, 0.2) is 0 Å². The average Bonchev–Trinajstić information content (AvgIpc) is 2.85. The molecule has 3 rings (SSSR count). The molecule has 0 aromatic heterocycles. The normalized spacial score (nSPS) is 12.2. The number of rotatable bonds is 11. The fourth-order valence-electron chi connectivity index (χ4n) is 4.34. The van der Waals surface area contributed by atoms with Crippen molar-refractivity contribution in [3.63, 3.8) is 0 Å². The molecule has 7 nitrogen and oxygen atoms in total. The predicted molar refractivity (Wildman–Crippen MR) is 152 cm³/mol. The molecular weight excluding hydrogens is 498 g/mol. The van der Waals surface area contributed by atoms with Gasteiger partial charge in [-0.05, 0) is 56.0 Å². The van der Waals surface area contributed by atoms with Crippen LogP contribution in [0.3, 0.4) is 0 Å². The number of benzene rings is 3. The van der Waals surface area contributed by atoms with Crippen LogP contribution in [0.1, 0.15) is 36.1 Å². The van der Waals surface area contributed by atoms with Gasteiger partial charge in [0, 0.05) is 19.0 Å². The minimum atomic E-state index is -3.79. The molecule has 0 radical (unpaired) electrons. The van der Waals surface area contributed by atoms with Crippen LogP contribution in [-0.4, -0.2) is 50.0 Å². The fourth-order valence-corrected chi connectivity index (χ4v) is 5.25. The third kappa shape index (κ3) is 7.68. The Bertz CT molecular complexity index is 1360. The largest absolute Gasteiger partial charge is 0.352 e. The molecule has 1 N–H and O–H groups in total. The molecule has 3 aromatic carbocycles. The number of aryl methyl sites for hydroxylation is 2. The lowest BCUT2D eigenvalue weighted by Crippen LogP contribution is -2.54. The zero-order chi connectivity index (χ0) is 27.9. The van der Waals surface area contributed by atoms with Crippen molar-refractivity contribution in [3.8, 4) is 0 Å². The van der Waals surface area contributed by atoms with Gasteiger partial charge in [0.05, 0.1) is 11.9 Å². The highest BCUT2D eigenvalue weighted by atomic mass is 32.2. The van der Waals surface area contributed by atoms with Crippen LogP contribution < -0.4 is 9.62 Å². The topological polar surface area (TPSA) is 86.8 Å². The Balaban J connectivity index is 2.08. The van der Waals surface area contributed by atoms with Crippen molar-refractivity contribution in [3.05, 3.63) is 101 Å². The lowest BCUT2D eigenvalue weighted by atomic mass is 10.0. The van der Waals surface area contributed by atoms with E-state index in [9.17, 15) is 18.0 Å². The van der Waals surface area contributed by atoms with Crippen molar-refractivity contribution in [1.82, 2.24) is 10.2 Å². The molecule has 1 atom stereocenters. The number of amides is 2. The summed E-state index contributed by atoms with van der Waals surface area (Å²) in [5.74, 6) is -0.741. The summed E-state index contributed by atoms with van der Waals surface area (Å²) in [5.41, 5.74) is 3.93. The van der Waals surface area contributed by atoms with Gasteiger partial charge in [0.25, 0.3) is 0 Å². The van der Waals surface area contributed by atoms with Gasteiger partial charge in [-0.25, -0.2) is 8.42 Å². The van der Waals surface area contributed by atoms with E-state index >= 15 is 0 Å². The van der Waals surface area contributed by atoms with E-state index in [1.807, 2.05) is 81.4 Å². The third-order valence-electron chi connectivity index (χ3n) is 6.37. The molecule has 2 amide bonds. The highest BCUT2D eigenvalue weighted by molar-refractivity contribution is 7.92. The molecule has 202 valence electrons. The van der Waals surface area contributed by atoms with E-state index < -0.39 is 28.5 Å². The molecule has 0 saturated carbocycles. The number of carbonyl (C=O) groups excluding carboxylic acids is 2. The van der Waals surface area contributed by atoms with Crippen LogP contribution in [0.5, 0.6) is 0 Å². The molecule has 0 aliphatic carbocycles. The SMILES string of the molecule is Cc1ccccc1CN(C(=O)CN(c1ccccc1C)S(C)(=O)=O)[C@@H](Cc1ccccc1)C(=O)NC(C)C. The van der Waals surface area contributed by atoms with Crippen LogP contribution in [0.2, 0.25) is 0 Å². The van der Waals surface area contributed by atoms with Crippen LogP contribution in [0.4, 0.5) is 5.69 Å². The van der Waals surface area contributed by atoms with E-state index in [0.29, 0.717) is 12.1 Å². The van der Waals surface area contributed by atoms with E-state index in [2.05, 4.69) is 5.32 Å². The molecular formula is C30H37N3O4S. The zero-order valence-electron chi connectivity index (χ0n) is 22.7. The molecule has 0 bridgehead atoms. The minimum Gasteiger partial charge on any atom is -0.352 e. The van der Waals surface area contributed by atoms with E-state index in [1.54, 1.807) is 25.1 Å². The lowest BCUT2D eigenvalue weighted by molar-refractivity contribution is -0.140. The molecule has 0 aliphatic rings. The monoisotopic (exact) mass is 535 g/mol. The number of para-hydroxylation sites is 1. The van der Waals surface area contributed by atoms with Gasteiger partial charge in [0.2, 0.25) is 21.8 Å². The number of hydrogen-bond acceptors (Lipinski definition) is 4. The molecule has 0 unspecified atom stereocenters. The second kappa shape index (κ2) is 12.7. The van der Waals surface area contributed by atoms with Crippen molar-refractivity contribution < 1.29 is 18.0 Å². The zero-order valence-corrected chi connectivity index (χ0v) is 23.5. The summed E-state index contributed by atoms with van der Waals surface area (Å²) >= 11 is 0. The number of anilines is 1. The lowest BCUT2D eigenvalue weighted by Gasteiger charge is -2.34. The predicted octanol–water partition coefficient (Wildman–Crippen LogP) is 4.23. The highest BCUT2D eigenvalue weighted by Crippen LogP contribution is 2.24. The minimum absolute atomic E-state index is 0.129. The molecule has 38 heavy (non-hydrogen) atoms. The Morgan fingerprint density at radius 3 is 2.00 bits per heavy atom. The molecule has 0 fully saturated rings. The van der Waals surface area contributed by atoms with Crippen molar-refractivity contribution in [2.75, 3.05) is 17.1 Å². The number of carbonyl (C=O) groups is 2. The van der Waals surface area contributed by atoms with Gasteiger partial charge < -0.3 is 10.2 Å². The van der Waals surface area contributed by atoms with Crippen LogP contribution in [-0.2, 0) is 32.6 Å². The van der Waals surface area contributed by atoms with E-state index in [4.69, 9.17) is 0 Å². The van der Waals surface area contributed by atoms with Crippen LogP contribution in [0, 0.1) is 13.8 Å². The van der Waals surface area contributed by atoms with Crippen molar-refractivity contribution in [2.45, 2.75) is 52.7 Å². The van der Waals surface area contributed by atoms with Crippen molar-refractivity contribution in [2.24, 2.45) is 0 Å². The Hall–Kier alpha value is -3.65. The van der Waals surface area contributed by atoms with E-state index in [-0.39, 0.29) is 18.5 Å². The molecule has 0 spiro atoms. The number of hydrogen-bond donors (Lipinski definition) is 1. The summed E-state index contributed by atoms with van der Waals surface area (Å²) in [7, 11) is -3.79. The summed E-state index contributed by atoms with van der Waals surface area (Å²) in [6, 6.07) is 23.3. The Morgan fingerprint density at radius 1 is 0.842 bits per heavy atom. The Kier molecular flexibility index (Phi) is 9.69. The first-order valence-electron chi connectivity index (χ1n) is 12.7. The van der Waals surface area contributed by atoms with Gasteiger partial charge in [0.1, 0.15) is 12.6 Å². The first-order valence-corrected chi connectivity index (χ1v) is 14.5. The van der Waals surface area contributed by atoms with Gasteiger partial charge >= 0.3 is 0 Å². The molecule has 8 heteroatoms. The summed E-state index contributed by atoms with van der Waals surface area (Å²) in [6.45, 7) is 7.24. The first-order chi connectivity index (χ1) is 18.0. The summed E-state index contributed by atoms with van der Waals surface area (Å²) in [6.07, 6.45) is 1.38. The third-order valence-corrected chi connectivity index (χ3v) is 7.49.